The number of amides is 2. The van der Waals surface area contributed by atoms with Crippen LogP contribution < -0.4 is 9.80 Å². The normalized spacial score (nSPS) is 17.6. The van der Waals surface area contributed by atoms with E-state index in [1.165, 1.54) is 9.80 Å². The molecule has 0 saturated carbocycles. The number of nitrogens with zero attached hydrogens (tertiary/aromatic N) is 4. The molecule has 3 N–H and O–H groups in total. The number of likely N-dealkylation sites (tertiary alicyclic amines) is 1. The SMILES string of the molecule is N=C(c1ccccc1)N1C(=N)C(Cc2[nH]nc3ccccc23)C(=O)N(CC(=O)N2CCCCC2)c2ccccc21. The number of anilines is 2. The van der Waals surface area contributed by atoms with Crippen LogP contribution in [0.2, 0.25) is 0 Å². The molecule has 0 aliphatic carbocycles. The van der Waals surface area contributed by atoms with E-state index < -0.39 is 5.92 Å². The van der Waals surface area contributed by atoms with Crippen molar-refractivity contribution in [3.8, 4) is 0 Å². The second-order valence-corrected chi connectivity index (χ2v) is 10.3. The number of fused-ring (bicyclic) bond motifs is 2. The summed E-state index contributed by atoms with van der Waals surface area (Å²) in [5, 5.41) is 26.9. The van der Waals surface area contributed by atoms with Gasteiger partial charge >= 0.3 is 0 Å². The number of rotatable bonds is 5. The van der Waals surface area contributed by atoms with Gasteiger partial charge in [-0.05, 0) is 37.5 Å². The fraction of sp³-hybridized carbons (Fsp3) is 0.258. The molecule has 0 bridgehead atoms. The third-order valence-electron chi connectivity index (χ3n) is 7.77. The zero-order chi connectivity index (χ0) is 27.6. The van der Waals surface area contributed by atoms with E-state index in [2.05, 4.69) is 10.2 Å². The van der Waals surface area contributed by atoms with Crippen LogP contribution in [0.1, 0.15) is 30.5 Å². The summed E-state index contributed by atoms with van der Waals surface area (Å²) in [6, 6.07) is 24.1. The molecule has 3 heterocycles. The Kier molecular flexibility index (Phi) is 6.86. The number of carbonyl (C=O) groups is 2. The molecule has 1 saturated heterocycles. The number of hydrogen-bond donors (Lipinski definition) is 3. The number of aromatic amines is 1. The highest BCUT2D eigenvalue weighted by Gasteiger charge is 2.41. The van der Waals surface area contributed by atoms with E-state index in [9.17, 15) is 15.0 Å². The summed E-state index contributed by atoms with van der Waals surface area (Å²) >= 11 is 0. The van der Waals surface area contributed by atoms with Crippen molar-refractivity contribution in [3.05, 3.63) is 90.1 Å². The van der Waals surface area contributed by atoms with Crippen molar-refractivity contribution < 1.29 is 9.59 Å². The van der Waals surface area contributed by atoms with Crippen LogP contribution in [-0.4, -0.2) is 58.2 Å². The van der Waals surface area contributed by atoms with Crippen LogP contribution in [0.25, 0.3) is 10.9 Å². The number of nitrogens with one attached hydrogen (secondary N) is 3. The first-order valence-corrected chi connectivity index (χ1v) is 13.7. The van der Waals surface area contributed by atoms with E-state index in [0.29, 0.717) is 30.0 Å². The van der Waals surface area contributed by atoms with Gasteiger partial charge in [0.2, 0.25) is 11.8 Å². The van der Waals surface area contributed by atoms with Gasteiger partial charge in [-0.15, -0.1) is 0 Å². The van der Waals surface area contributed by atoms with Crippen molar-refractivity contribution in [1.82, 2.24) is 15.1 Å². The van der Waals surface area contributed by atoms with Crippen molar-refractivity contribution in [3.63, 3.8) is 0 Å². The highest BCUT2D eigenvalue weighted by Crippen LogP contribution is 2.37. The quantitative estimate of drug-likeness (QED) is 0.257. The van der Waals surface area contributed by atoms with Crippen LogP contribution in [0.5, 0.6) is 0 Å². The van der Waals surface area contributed by atoms with E-state index in [1.54, 1.807) is 12.1 Å². The summed E-state index contributed by atoms with van der Waals surface area (Å²) in [6.07, 6.45) is 3.19. The topological polar surface area (TPSA) is 120 Å². The van der Waals surface area contributed by atoms with Gasteiger partial charge in [-0.3, -0.25) is 30.4 Å². The second-order valence-electron chi connectivity index (χ2n) is 10.3. The molecule has 4 aromatic rings. The number of piperidine rings is 1. The van der Waals surface area contributed by atoms with Crippen LogP contribution in [0.3, 0.4) is 0 Å². The van der Waals surface area contributed by atoms with Crippen molar-refractivity contribution in [2.24, 2.45) is 5.92 Å². The monoisotopic (exact) mass is 533 g/mol. The summed E-state index contributed by atoms with van der Waals surface area (Å²) in [7, 11) is 0. The molecule has 2 amide bonds. The molecule has 1 aromatic heterocycles. The Morgan fingerprint density at radius 1 is 0.900 bits per heavy atom. The van der Waals surface area contributed by atoms with Gasteiger partial charge in [0.1, 0.15) is 24.1 Å². The average molecular weight is 534 g/mol. The number of amidine groups is 2. The van der Waals surface area contributed by atoms with E-state index in [0.717, 1.165) is 35.9 Å². The van der Waals surface area contributed by atoms with Crippen molar-refractivity contribution in [1.29, 1.82) is 10.8 Å². The number of H-pyrrole nitrogens is 1. The summed E-state index contributed by atoms with van der Waals surface area (Å²) < 4.78 is 0. The summed E-state index contributed by atoms with van der Waals surface area (Å²) in [6.45, 7) is 1.26. The molecule has 6 rings (SSSR count). The average Bonchev–Trinajstić information content (AvgIpc) is 3.39. The van der Waals surface area contributed by atoms with Crippen molar-refractivity contribution >= 4 is 45.8 Å². The van der Waals surface area contributed by atoms with Crippen LogP contribution in [0.15, 0.2) is 78.9 Å². The van der Waals surface area contributed by atoms with Crippen LogP contribution in [-0.2, 0) is 16.0 Å². The number of hydrogen-bond acceptors (Lipinski definition) is 5. The molecule has 1 atom stereocenters. The third-order valence-corrected chi connectivity index (χ3v) is 7.77. The Bertz CT molecular complexity index is 1590. The lowest BCUT2D eigenvalue weighted by atomic mass is 9.97. The van der Waals surface area contributed by atoms with Crippen LogP contribution in [0, 0.1) is 16.7 Å². The molecule has 1 unspecified atom stereocenters. The summed E-state index contributed by atoms with van der Waals surface area (Å²) in [5.41, 5.74) is 3.18. The minimum absolute atomic E-state index is 0.0158. The van der Waals surface area contributed by atoms with Gasteiger partial charge in [0.25, 0.3) is 0 Å². The van der Waals surface area contributed by atoms with Crippen LogP contribution >= 0.6 is 0 Å². The van der Waals surface area contributed by atoms with E-state index >= 15 is 0 Å². The molecule has 202 valence electrons. The highest BCUT2D eigenvalue weighted by molar-refractivity contribution is 6.31. The lowest BCUT2D eigenvalue weighted by molar-refractivity contribution is -0.132. The Labute approximate surface area is 232 Å². The van der Waals surface area contributed by atoms with Gasteiger partial charge in [0.15, 0.2) is 0 Å². The van der Waals surface area contributed by atoms with Gasteiger partial charge in [0.05, 0.1) is 16.9 Å². The largest absolute Gasteiger partial charge is 0.341 e. The molecule has 1 fully saturated rings. The standard InChI is InChI=1S/C31H31N7O2/c32-29(21-11-3-1-4-12-21)38-27-16-8-7-15-26(27)37(20-28(39)36-17-9-2-10-18-36)31(40)23(30(38)33)19-25-22-13-5-6-14-24(22)34-35-25/h1,3-8,11-16,23,32-33H,2,9-10,17-20H2,(H,34,35). The summed E-state index contributed by atoms with van der Waals surface area (Å²) in [4.78, 5) is 32.7. The van der Waals surface area contributed by atoms with Crippen molar-refractivity contribution in [2.75, 3.05) is 29.4 Å². The first-order valence-electron chi connectivity index (χ1n) is 13.7. The minimum Gasteiger partial charge on any atom is -0.341 e. The van der Waals surface area contributed by atoms with Gasteiger partial charge in [-0.25, -0.2) is 0 Å². The molecular weight excluding hydrogens is 502 g/mol. The number of aromatic nitrogens is 2. The molecule has 9 nitrogen and oxygen atoms in total. The predicted octanol–water partition coefficient (Wildman–Crippen LogP) is 4.59. The molecular formula is C31H31N7O2. The second kappa shape index (κ2) is 10.8. The van der Waals surface area contributed by atoms with Gasteiger partial charge in [-0.2, -0.15) is 5.10 Å². The Hall–Kier alpha value is -4.79. The van der Waals surface area contributed by atoms with Gasteiger partial charge in [-0.1, -0.05) is 60.7 Å². The first-order chi connectivity index (χ1) is 19.5. The molecule has 9 heteroatoms. The number of para-hydroxylation sites is 3. The maximum Gasteiger partial charge on any atom is 0.242 e. The fourth-order valence-electron chi connectivity index (χ4n) is 5.66. The minimum atomic E-state index is -0.950. The predicted molar refractivity (Wildman–Crippen MR) is 156 cm³/mol. The Morgan fingerprint density at radius 2 is 1.57 bits per heavy atom. The van der Waals surface area contributed by atoms with E-state index in [-0.39, 0.29) is 36.5 Å². The Morgan fingerprint density at radius 3 is 2.35 bits per heavy atom. The highest BCUT2D eigenvalue weighted by atomic mass is 16.2. The zero-order valence-corrected chi connectivity index (χ0v) is 22.1. The van der Waals surface area contributed by atoms with Crippen LogP contribution in [0.4, 0.5) is 11.4 Å². The van der Waals surface area contributed by atoms with Gasteiger partial charge < -0.3 is 9.80 Å². The number of carbonyl (C=O) groups excluding carboxylic acids is 2. The molecule has 40 heavy (non-hydrogen) atoms. The third kappa shape index (κ3) is 4.64. The van der Waals surface area contributed by atoms with Gasteiger partial charge in [0, 0.05) is 36.2 Å². The summed E-state index contributed by atoms with van der Waals surface area (Å²) in [5.74, 6) is -1.32. The maximum absolute atomic E-state index is 14.4. The molecule has 0 radical (unpaired) electrons. The maximum atomic E-state index is 14.4. The lowest BCUT2D eigenvalue weighted by Crippen LogP contribution is -2.48. The molecule has 0 spiro atoms. The number of benzene rings is 3. The molecule has 2 aliphatic rings. The molecule has 2 aliphatic heterocycles. The Balaban J connectivity index is 1.45. The molecule has 3 aromatic carbocycles. The fourth-order valence-corrected chi connectivity index (χ4v) is 5.66. The van der Waals surface area contributed by atoms with Crippen molar-refractivity contribution in [2.45, 2.75) is 25.7 Å². The van der Waals surface area contributed by atoms with E-state index in [4.69, 9.17) is 5.41 Å². The van der Waals surface area contributed by atoms with E-state index in [1.807, 2.05) is 71.6 Å². The smallest absolute Gasteiger partial charge is 0.242 e. The first kappa shape index (κ1) is 25.5. The lowest BCUT2D eigenvalue weighted by Gasteiger charge is -2.30. The zero-order valence-electron chi connectivity index (χ0n) is 22.1.